The number of carboxylic acid groups (broad SMARTS) is 1. The van der Waals surface area contributed by atoms with Gasteiger partial charge in [0.2, 0.25) is 0 Å². The van der Waals surface area contributed by atoms with E-state index in [9.17, 15) is 13.6 Å². The van der Waals surface area contributed by atoms with Crippen molar-refractivity contribution in [3.05, 3.63) is 11.3 Å². The minimum Gasteiger partial charge on any atom is -0.481 e. The van der Waals surface area contributed by atoms with Crippen molar-refractivity contribution in [2.75, 3.05) is 19.6 Å². The Hall–Kier alpha value is -1.86. The largest absolute Gasteiger partial charge is 0.481 e. The summed E-state index contributed by atoms with van der Waals surface area (Å²) < 4.78 is 28.0. The molecule has 1 saturated carbocycles. The zero-order chi connectivity index (χ0) is 18.6. The van der Waals surface area contributed by atoms with E-state index in [0.717, 1.165) is 19.4 Å². The summed E-state index contributed by atoms with van der Waals surface area (Å²) in [6.45, 7) is 4.26. The Morgan fingerprint density at radius 3 is 2.54 bits per heavy atom. The third-order valence-electron chi connectivity index (χ3n) is 6.62. The SMILES string of the molecule is C[C@H]1CCN1N=C(C1=C(N)C(F)(F)CC1)N1C[C@H]2C[C@@H](C1)C2CC(=O)O. The Morgan fingerprint density at radius 1 is 1.38 bits per heavy atom. The third-order valence-corrected chi connectivity index (χ3v) is 6.62. The fourth-order valence-electron chi connectivity index (χ4n) is 4.79. The molecule has 0 aromatic rings. The quantitative estimate of drug-likeness (QED) is 0.586. The number of aliphatic carboxylic acids is 1. The maximum atomic E-state index is 14.0. The first-order chi connectivity index (χ1) is 12.3. The van der Waals surface area contributed by atoms with Gasteiger partial charge in [-0.3, -0.25) is 9.80 Å². The maximum Gasteiger partial charge on any atom is 0.303 e. The molecule has 3 heterocycles. The van der Waals surface area contributed by atoms with Gasteiger partial charge in [0.15, 0.2) is 5.84 Å². The maximum absolute atomic E-state index is 14.0. The lowest BCUT2D eigenvalue weighted by Gasteiger charge is -2.54. The highest BCUT2D eigenvalue weighted by Gasteiger charge is 2.50. The monoisotopic (exact) mass is 368 g/mol. The number of halogens is 2. The molecule has 5 aliphatic rings. The molecule has 5 rings (SSSR count). The van der Waals surface area contributed by atoms with Gasteiger partial charge in [-0.25, -0.2) is 0 Å². The van der Waals surface area contributed by atoms with Crippen molar-refractivity contribution >= 4 is 11.8 Å². The van der Waals surface area contributed by atoms with Gasteiger partial charge in [0, 0.05) is 44.1 Å². The lowest BCUT2D eigenvalue weighted by molar-refractivity contribution is -0.142. The van der Waals surface area contributed by atoms with Gasteiger partial charge in [-0.1, -0.05) is 0 Å². The molecule has 6 nitrogen and oxygen atoms in total. The summed E-state index contributed by atoms with van der Waals surface area (Å²) in [4.78, 5) is 13.1. The van der Waals surface area contributed by atoms with Crippen LogP contribution in [0.4, 0.5) is 8.78 Å². The summed E-state index contributed by atoms with van der Waals surface area (Å²) >= 11 is 0. The highest BCUT2D eigenvalue weighted by molar-refractivity contribution is 5.99. The number of rotatable bonds is 4. The average Bonchev–Trinajstić information content (AvgIpc) is 2.86. The van der Waals surface area contributed by atoms with Crippen LogP contribution in [-0.4, -0.2) is 58.4 Å². The van der Waals surface area contributed by atoms with Gasteiger partial charge in [0.25, 0.3) is 5.92 Å². The molecule has 0 amide bonds. The minimum absolute atomic E-state index is 0.196. The smallest absolute Gasteiger partial charge is 0.303 e. The number of hydrogen-bond acceptors (Lipinski definition) is 4. The molecule has 3 saturated heterocycles. The Bertz CT molecular complexity index is 666. The molecule has 2 aliphatic carbocycles. The molecule has 2 bridgehead atoms. The van der Waals surface area contributed by atoms with E-state index in [1.165, 1.54) is 0 Å². The molecule has 4 atom stereocenters. The predicted octanol–water partition coefficient (Wildman–Crippen LogP) is 2.08. The second-order valence-corrected chi connectivity index (χ2v) is 8.24. The number of alkyl halides is 2. The molecule has 4 fully saturated rings. The number of carbonyl (C=O) groups is 1. The highest BCUT2D eigenvalue weighted by Crippen LogP contribution is 2.48. The van der Waals surface area contributed by atoms with Crippen LogP contribution in [0.2, 0.25) is 0 Å². The minimum atomic E-state index is -2.96. The highest BCUT2D eigenvalue weighted by atomic mass is 19.3. The van der Waals surface area contributed by atoms with E-state index in [1.807, 2.05) is 5.01 Å². The van der Waals surface area contributed by atoms with Gasteiger partial charge in [-0.15, -0.1) is 0 Å². The van der Waals surface area contributed by atoms with E-state index in [-0.39, 0.29) is 30.9 Å². The lowest BCUT2D eigenvalue weighted by Crippen LogP contribution is -2.58. The molecule has 1 unspecified atom stereocenters. The topological polar surface area (TPSA) is 82.2 Å². The predicted molar refractivity (Wildman–Crippen MR) is 92.5 cm³/mol. The number of hydrazone groups is 1. The van der Waals surface area contributed by atoms with E-state index in [2.05, 4.69) is 11.8 Å². The zero-order valence-electron chi connectivity index (χ0n) is 15.0. The number of fused-ring (bicyclic) bond motifs is 2. The van der Waals surface area contributed by atoms with Crippen LogP contribution in [0.25, 0.3) is 0 Å². The molecular weight excluding hydrogens is 342 g/mol. The summed E-state index contributed by atoms with van der Waals surface area (Å²) in [5.74, 6) is -2.33. The number of nitrogens with zero attached hydrogens (tertiary/aromatic N) is 3. The van der Waals surface area contributed by atoms with E-state index >= 15 is 0 Å². The number of carboxylic acids is 1. The molecule has 0 radical (unpaired) electrons. The second-order valence-electron chi connectivity index (χ2n) is 8.24. The second kappa shape index (κ2) is 6.09. The van der Waals surface area contributed by atoms with Crippen LogP contribution in [0, 0.1) is 17.8 Å². The molecule has 144 valence electrons. The molecule has 3 aliphatic heterocycles. The normalized spacial score (nSPS) is 36.0. The van der Waals surface area contributed by atoms with E-state index in [1.54, 1.807) is 0 Å². The van der Waals surface area contributed by atoms with E-state index in [4.69, 9.17) is 15.9 Å². The molecule has 0 aromatic heterocycles. The lowest BCUT2D eigenvalue weighted by atomic mass is 9.60. The van der Waals surface area contributed by atoms with Crippen LogP contribution in [0.15, 0.2) is 16.4 Å². The van der Waals surface area contributed by atoms with Crippen LogP contribution in [0.1, 0.15) is 39.0 Å². The van der Waals surface area contributed by atoms with Gasteiger partial charge >= 0.3 is 5.97 Å². The fraction of sp³-hybridized carbons (Fsp3) is 0.778. The molecule has 8 heteroatoms. The van der Waals surface area contributed by atoms with Crippen molar-refractivity contribution in [2.24, 2.45) is 28.6 Å². The van der Waals surface area contributed by atoms with Gasteiger partial charge in [-0.2, -0.15) is 13.9 Å². The Labute approximate surface area is 151 Å². The first kappa shape index (κ1) is 17.5. The Morgan fingerprint density at radius 2 is 2.08 bits per heavy atom. The first-order valence-electron chi connectivity index (χ1n) is 9.45. The molecule has 3 N–H and O–H groups in total. The van der Waals surface area contributed by atoms with Gasteiger partial charge < -0.3 is 15.7 Å². The fourth-order valence-corrected chi connectivity index (χ4v) is 4.79. The van der Waals surface area contributed by atoms with E-state index < -0.39 is 11.9 Å². The molecule has 0 spiro atoms. The number of amidine groups is 1. The summed E-state index contributed by atoms with van der Waals surface area (Å²) in [6.07, 6.45) is 2.25. The molecular formula is C18H26F2N4O2. The van der Waals surface area contributed by atoms with Gasteiger partial charge in [0.1, 0.15) is 0 Å². The zero-order valence-corrected chi connectivity index (χ0v) is 15.0. The average molecular weight is 368 g/mol. The van der Waals surface area contributed by atoms with Crippen LogP contribution < -0.4 is 5.73 Å². The summed E-state index contributed by atoms with van der Waals surface area (Å²) in [6, 6.07) is 0.313. The van der Waals surface area contributed by atoms with Crippen molar-refractivity contribution in [3.63, 3.8) is 0 Å². The Kier molecular flexibility index (Phi) is 4.11. The van der Waals surface area contributed by atoms with Crippen LogP contribution in [0.3, 0.4) is 0 Å². The van der Waals surface area contributed by atoms with Crippen LogP contribution in [-0.2, 0) is 4.79 Å². The van der Waals surface area contributed by atoms with Crippen molar-refractivity contribution in [1.82, 2.24) is 9.91 Å². The Balaban J connectivity index is 1.58. The van der Waals surface area contributed by atoms with Crippen LogP contribution >= 0.6 is 0 Å². The van der Waals surface area contributed by atoms with Crippen molar-refractivity contribution in [1.29, 1.82) is 0 Å². The van der Waals surface area contributed by atoms with Crippen LogP contribution in [0.5, 0.6) is 0 Å². The van der Waals surface area contributed by atoms with Gasteiger partial charge in [-0.05, 0) is 43.9 Å². The number of hydrogen-bond donors (Lipinski definition) is 2. The summed E-state index contributed by atoms with van der Waals surface area (Å²) in [5.41, 5.74) is 5.93. The number of piperidine rings is 2. The number of nitrogens with two attached hydrogens (primary N) is 1. The summed E-state index contributed by atoms with van der Waals surface area (Å²) in [7, 11) is 0. The molecule has 26 heavy (non-hydrogen) atoms. The number of allylic oxidation sites excluding steroid dienone is 1. The van der Waals surface area contributed by atoms with Crippen molar-refractivity contribution in [2.45, 2.75) is 51.0 Å². The standard InChI is InChI=1S/C18H26F2N4O2/c1-10-3-5-24(10)22-17(13-2-4-18(19,20)16(13)21)23-8-11-6-12(9-23)14(11)7-15(25)26/h10-12,14H,2-9,21H2,1H3,(H,25,26)/t10-,11-,12+,14?/m0/s1. The summed E-state index contributed by atoms with van der Waals surface area (Å²) in [5, 5.41) is 15.7. The molecule has 0 aromatic carbocycles. The third kappa shape index (κ3) is 2.83. The van der Waals surface area contributed by atoms with E-state index in [0.29, 0.717) is 42.4 Å². The van der Waals surface area contributed by atoms with Gasteiger partial charge in [0.05, 0.1) is 5.70 Å². The van der Waals surface area contributed by atoms with Crippen molar-refractivity contribution in [3.8, 4) is 0 Å². The first-order valence-corrected chi connectivity index (χ1v) is 9.45. The van der Waals surface area contributed by atoms with Crippen molar-refractivity contribution < 1.29 is 18.7 Å².